The van der Waals surface area contributed by atoms with Crippen molar-refractivity contribution in [1.29, 1.82) is 0 Å². The van der Waals surface area contributed by atoms with E-state index in [0.717, 1.165) is 41.8 Å². The molecule has 1 aliphatic heterocycles. The Morgan fingerprint density at radius 2 is 1.64 bits per heavy atom. The molecule has 1 aliphatic rings. The number of carbonyl (C=O) groups excluding carboxylic acids is 1. The number of aromatic nitrogens is 2. The van der Waals surface area contributed by atoms with E-state index in [1.54, 1.807) is 7.11 Å². The number of likely N-dealkylation sites (tertiary alicyclic amines) is 1. The zero-order valence-electron chi connectivity index (χ0n) is 18.5. The number of ether oxygens (including phenoxy) is 1. The largest absolute Gasteiger partial charge is 0.497 e. The number of methoxy groups -OCH3 is 1. The number of nitrogens with zero attached hydrogens (tertiary/aromatic N) is 3. The molecule has 1 saturated heterocycles. The Morgan fingerprint density at radius 3 is 2.36 bits per heavy atom. The number of amides is 1. The number of hydrogen-bond donors (Lipinski definition) is 0. The molecule has 6 nitrogen and oxygen atoms in total. The molecule has 1 aromatic heterocycles. The molecule has 0 aliphatic carbocycles. The van der Waals surface area contributed by atoms with Gasteiger partial charge in [0.2, 0.25) is 11.7 Å². The molecular weight excluding hydrogens is 414 g/mol. The van der Waals surface area contributed by atoms with Gasteiger partial charge in [-0.25, -0.2) is 0 Å². The van der Waals surface area contributed by atoms with E-state index < -0.39 is 0 Å². The highest BCUT2D eigenvalue weighted by molar-refractivity contribution is 5.94. The predicted molar refractivity (Wildman–Crippen MR) is 126 cm³/mol. The second-order valence-electron chi connectivity index (χ2n) is 8.22. The van der Waals surface area contributed by atoms with Gasteiger partial charge in [-0.2, -0.15) is 4.98 Å². The number of piperidine rings is 1. The second-order valence-corrected chi connectivity index (χ2v) is 8.22. The molecule has 1 fully saturated rings. The summed E-state index contributed by atoms with van der Waals surface area (Å²) in [4.78, 5) is 19.7. The highest BCUT2D eigenvalue weighted by Gasteiger charge is 2.29. The Kier molecular flexibility index (Phi) is 5.89. The fraction of sp³-hybridized carbons (Fsp3) is 0.222. The van der Waals surface area contributed by atoms with Gasteiger partial charge in [0.25, 0.3) is 5.91 Å². The molecule has 1 amide bonds. The quantitative estimate of drug-likeness (QED) is 0.415. The summed E-state index contributed by atoms with van der Waals surface area (Å²) in [6, 6.07) is 25.5. The maximum absolute atomic E-state index is 13.2. The minimum absolute atomic E-state index is 0.0331. The molecule has 33 heavy (non-hydrogen) atoms. The minimum atomic E-state index is 0.0331. The van der Waals surface area contributed by atoms with Gasteiger partial charge in [0.1, 0.15) is 5.75 Å². The first kappa shape index (κ1) is 20.9. The summed E-state index contributed by atoms with van der Waals surface area (Å²) in [5.41, 5.74) is 3.80. The third-order valence-electron chi connectivity index (χ3n) is 6.09. The molecule has 2 heterocycles. The lowest BCUT2D eigenvalue weighted by molar-refractivity contribution is 0.0695. The van der Waals surface area contributed by atoms with Gasteiger partial charge in [-0.05, 0) is 60.4 Å². The lowest BCUT2D eigenvalue weighted by atomic mass is 9.97. The van der Waals surface area contributed by atoms with Crippen LogP contribution in [0.15, 0.2) is 83.4 Å². The molecule has 166 valence electrons. The first-order valence-electron chi connectivity index (χ1n) is 11.1. The van der Waals surface area contributed by atoms with Crippen LogP contribution < -0.4 is 4.74 Å². The summed E-state index contributed by atoms with van der Waals surface area (Å²) in [5.74, 6) is 1.98. The van der Waals surface area contributed by atoms with E-state index >= 15 is 0 Å². The monoisotopic (exact) mass is 439 g/mol. The van der Waals surface area contributed by atoms with Crippen LogP contribution in [0, 0.1) is 0 Å². The molecule has 5 rings (SSSR count). The topological polar surface area (TPSA) is 68.5 Å². The van der Waals surface area contributed by atoms with Crippen molar-refractivity contribution in [2.24, 2.45) is 0 Å². The normalized spacial score (nSPS) is 15.9. The second kappa shape index (κ2) is 9.28. The molecule has 0 bridgehead atoms. The molecule has 3 aromatic carbocycles. The molecule has 0 spiro atoms. The van der Waals surface area contributed by atoms with Crippen LogP contribution >= 0.6 is 0 Å². The van der Waals surface area contributed by atoms with Crippen molar-refractivity contribution < 1.29 is 14.1 Å². The van der Waals surface area contributed by atoms with E-state index in [1.807, 2.05) is 71.6 Å². The van der Waals surface area contributed by atoms with Crippen LogP contribution in [0.25, 0.3) is 22.5 Å². The van der Waals surface area contributed by atoms with E-state index in [-0.39, 0.29) is 11.8 Å². The summed E-state index contributed by atoms with van der Waals surface area (Å²) in [6.07, 6.45) is 1.82. The molecule has 6 heteroatoms. The third-order valence-corrected chi connectivity index (χ3v) is 6.09. The smallest absolute Gasteiger partial charge is 0.253 e. The van der Waals surface area contributed by atoms with Crippen molar-refractivity contribution in [3.8, 4) is 28.3 Å². The van der Waals surface area contributed by atoms with Gasteiger partial charge in [-0.15, -0.1) is 0 Å². The highest BCUT2D eigenvalue weighted by atomic mass is 16.5. The molecule has 4 aromatic rings. The zero-order valence-corrected chi connectivity index (χ0v) is 18.5. The van der Waals surface area contributed by atoms with Crippen molar-refractivity contribution >= 4 is 5.91 Å². The van der Waals surface area contributed by atoms with Crippen molar-refractivity contribution in [2.45, 2.75) is 18.8 Å². The molecular formula is C27H25N3O3. The van der Waals surface area contributed by atoms with Crippen molar-refractivity contribution in [1.82, 2.24) is 15.0 Å². The van der Waals surface area contributed by atoms with Crippen LogP contribution in [-0.4, -0.2) is 41.1 Å². The first-order chi connectivity index (χ1) is 16.2. The van der Waals surface area contributed by atoms with Gasteiger partial charge in [0.05, 0.1) is 13.0 Å². The van der Waals surface area contributed by atoms with Gasteiger partial charge in [0, 0.05) is 24.2 Å². The average molecular weight is 440 g/mol. The standard InChI is InChI=1S/C27H25N3O3/c1-32-24-15-13-21(14-16-24)25-28-26(33-29-25)23-8-5-17-30(18-23)27(31)22-11-9-20(10-12-22)19-6-3-2-4-7-19/h2-4,6-7,9-16,23H,5,8,17-18H2,1H3/t23-/m0/s1. The first-order valence-corrected chi connectivity index (χ1v) is 11.1. The van der Waals surface area contributed by atoms with Gasteiger partial charge in [-0.3, -0.25) is 4.79 Å². The molecule has 0 unspecified atom stereocenters. The summed E-state index contributed by atoms with van der Waals surface area (Å²) in [5, 5.41) is 4.15. The summed E-state index contributed by atoms with van der Waals surface area (Å²) < 4.78 is 10.8. The Labute approximate surface area is 192 Å². The predicted octanol–water partition coefficient (Wildman–Crippen LogP) is 5.43. The van der Waals surface area contributed by atoms with Crippen molar-refractivity contribution in [3.63, 3.8) is 0 Å². The maximum atomic E-state index is 13.2. The summed E-state index contributed by atoms with van der Waals surface area (Å²) in [7, 11) is 1.63. The summed E-state index contributed by atoms with van der Waals surface area (Å²) >= 11 is 0. The van der Waals surface area contributed by atoms with Crippen LogP contribution in [0.4, 0.5) is 0 Å². The van der Waals surface area contributed by atoms with E-state index in [9.17, 15) is 4.79 Å². The van der Waals surface area contributed by atoms with Crippen LogP contribution in [0.2, 0.25) is 0 Å². The van der Waals surface area contributed by atoms with Gasteiger partial charge in [0.15, 0.2) is 0 Å². The lowest BCUT2D eigenvalue weighted by Gasteiger charge is -2.31. The van der Waals surface area contributed by atoms with E-state index in [2.05, 4.69) is 22.3 Å². The van der Waals surface area contributed by atoms with Crippen molar-refractivity contribution in [2.75, 3.05) is 20.2 Å². The Balaban J connectivity index is 1.28. The van der Waals surface area contributed by atoms with E-state index in [1.165, 1.54) is 0 Å². The number of benzene rings is 3. The highest BCUT2D eigenvalue weighted by Crippen LogP contribution is 2.29. The molecule has 0 N–H and O–H groups in total. The number of rotatable bonds is 5. The number of hydrogen-bond acceptors (Lipinski definition) is 5. The van der Waals surface area contributed by atoms with Crippen LogP contribution in [-0.2, 0) is 0 Å². The SMILES string of the molecule is COc1ccc(-c2noc([C@H]3CCCN(C(=O)c4ccc(-c5ccccc5)cc4)C3)n2)cc1. The van der Waals surface area contributed by atoms with E-state index in [4.69, 9.17) is 9.26 Å². The van der Waals surface area contributed by atoms with Gasteiger partial charge in [-0.1, -0.05) is 47.6 Å². The zero-order chi connectivity index (χ0) is 22.6. The van der Waals surface area contributed by atoms with Crippen molar-refractivity contribution in [3.05, 3.63) is 90.3 Å². The lowest BCUT2D eigenvalue weighted by Crippen LogP contribution is -2.39. The molecule has 0 saturated carbocycles. The minimum Gasteiger partial charge on any atom is -0.497 e. The molecule has 0 radical (unpaired) electrons. The molecule has 1 atom stereocenters. The van der Waals surface area contributed by atoms with Gasteiger partial charge < -0.3 is 14.2 Å². The van der Waals surface area contributed by atoms with Crippen LogP contribution in [0.5, 0.6) is 5.75 Å². The Hall–Kier alpha value is -3.93. The van der Waals surface area contributed by atoms with Gasteiger partial charge >= 0.3 is 0 Å². The third kappa shape index (κ3) is 4.51. The Bertz CT molecular complexity index is 1220. The summed E-state index contributed by atoms with van der Waals surface area (Å²) in [6.45, 7) is 1.30. The Morgan fingerprint density at radius 1 is 0.939 bits per heavy atom. The maximum Gasteiger partial charge on any atom is 0.253 e. The van der Waals surface area contributed by atoms with Crippen LogP contribution in [0.3, 0.4) is 0 Å². The fourth-order valence-electron chi connectivity index (χ4n) is 4.24. The van der Waals surface area contributed by atoms with E-state index in [0.29, 0.717) is 23.8 Å². The average Bonchev–Trinajstić information content (AvgIpc) is 3.39. The van der Waals surface area contributed by atoms with Crippen LogP contribution in [0.1, 0.15) is 35.0 Å². The number of carbonyl (C=O) groups is 1. The fourth-order valence-corrected chi connectivity index (χ4v) is 4.24.